The number of carbonyl (C=O) groups excluding carboxylic acids is 4. The van der Waals surface area contributed by atoms with E-state index < -0.39 is 35.1 Å². The van der Waals surface area contributed by atoms with Crippen LogP contribution in [0.25, 0.3) is 27.6 Å². The number of rotatable bonds is 9. The van der Waals surface area contributed by atoms with E-state index in [1.54, 1.807) is 35.9 Å². The molecular weight excluding hydrogens is 750 g/mol. The summed E-state index contributed by atoms with van der Waals surface area (Å²) in [6.07, 6.45) is 7.71. The van der Waals surface area contributed by atoms with E-state index in [9.17, 15) is 19.2 Å². The molecule has 2 saturated heterocycles. The molecule has 12 nitrogen and oxygen atoms in total. The Morgan fingerprint density at radius 3 is 2.34 bits per heavy atom. The van der Waals surface area contributed by atoms with E-state index in [4.69, 9.17) is 0 Å². The van der Waals surface area contributed by atoms with Crippen LogP contribution in [0.15, 0.2) is 73.1 Å². The molecule has 300 valence electrons. The zero-order valence-corrected chi connectivity index (χ0v) is 32.2. The van der Waals surface area contributed by atoms with Crippen LogP contribution in [-0.4, -0.2) is 95.1 Å². The van der Waals surface area contributed by atoms with Crippen LogP contribution >= 0.6 is 0 Å². The van der Waals surface area contributed by atoms with E-state index in [1.807, 2.05) is 53.6 Å². The Morgan fingerprint density at radius 2 is 1.67 bits per heavy atom. The molecule has 5 heterocycles. The second kappa shape index (κ2) is 15.9. The summed E-state index contributed by atoms with van der Waals surface area (Å²) in [5, 5.41) is 6.85. The van der Waals surface area contributed by atoms with E-state index in [2.05, 4.69) is 15.4 Å². The number of aromatic nitrogens is 3. The first-order valence-corrected chi connectivity index (χ1v) is 19.4. The van der Waals surface area contributed by atoms with Crippen molar-refractivity contribution in [2.45, 2.75) is 44.6 Å². The van der Waals surface area contributed by atoms with Gasteiger partial charge in [0.05, 0.1) is 5.52 Å². The van der Waals surface area contributed by atoms with Gasteiger partial charge in [-0.3, -0.25) is 29.3 Å². The van der Waals surface area contributed by atoms with Crippen LogP contribution in [0.3, 0.4) is 0 Å². The molecule has 8 rings (SSSR count). The quantitative estimate of drug-likeness (QED) is 0.172. The third kappa shape index (κ3) is 7.55. The highest BCUT2D eigenvalue weighted by molar-refractivity contribution is 6.06. The van der Waals surface area contributed by atoms with E-state index in [1.165, 1.54) is 17.0 Å². The Hall–Kier alpha value is -6.38. The lowest BCUT2D eigenvalue weighted by molar-refractivity contribution is -0.131. The van der Waals surface area contributed by atoms with Gasteiger partial charge in [-0.15, -0.1) is 0 Å². The predicted octanol–water partition coefficient (Wildman–Crippen LogP) is 6.69. The number of carbonyl (C=O) groups is 4. The van der Waals surface area contributed by atoms with Crippen LogP contribution in [0.1, 0.15) is 59.6 Å². The highest BCUT2D eigenvalue weighted by Crippen LogP contribution is 2.39. The summed E-state index contributed by atoms with van der Waals surface area (Å²) in [4.78, 5) is 59.1. The number of anilines is 2. The fourth-order valence-electron chi connectivity index (χ4n) is 8.22. The van der Waals surface area contributed by atoms with Gasteiger partial charge in [-0.25, -0.2) is 18.0 Å². The largest absolute Gasteiger partial charge is 0.371 e. The number of hydrogen-bond acceptors (Lipinski definition) is 6. The molecule has 0 radical (unpaired) electrons. The summed E-state index contributed by atoms with van der Waals surface area (Å²) in [5.41, 5.74) is 4.11. The Bertz CT molecular complexity index is 2410. The highest BCUT2D eigenvalue weighted by Gasteiger charge is 2.31. The molecular formula is C43H43F3N8O4. The van der Waals surface area contributed by atoms with Gasteiger partial charge in [-0.1, -0.05) is 30.3 Å². The number of imide groups is 1. The number of aryl methyl sites for hydroxylation is 1. The van der Waals surface area contributed by atoms with Gasteiger partial charge in [0.1, 0.15) is 11.4 Å². The minimum Gasteiger partial charge on any atom is -0.371 e. The molecule has 5 amide bonds. The van der Waals surface area contributed by atoms with Gasteiger partial charge in [0.25, 0.3) is 5.91 Å². The average Bonchev–Trinajstić information content (AvgIpc) is 3.92. The molecule has 0 aliphatic carbocycles. The third-order valence-electron chi connectivity index (χ3n) is 11.3. The number of fused-ring (bicyclic) bond motifs is 1. The maximum Gasteiger partial charge on any atom is 0.328 e. The smallest absolute Gasteiger partial charge is 0.328 e. The van der Waals surface area contributed by atoms with Crippen molar-refractivity contribution in [3.05, 3.63) is 107 Å². The number of benzene rings is 3. The van der Waals surface area contributed by atoms with Gasteiger partial charge < -0.3 is 19.7 Å². The number of urea groups is 1. The van der Waals surface area contributed by atoms with Gasteiger partial charge >= 0.3 is 6.03 Å². The van der Waals surface area contributed by atoms with Crippen molar-refractivity contribution >= 4 is 51.6 Å². The summed E-state index contributed by atoms with van der Waals surface area (Å²) in [6, 6.07) is 15.0. The Kier molecular flexibility index (Phi) is 10.5. The lowest BCUT2D eigenvalue weighted by atomic mass is 9.87. The number of hydrogen-bond donors (Lipinski definition) is 2. The molecule has 58 heavy (non-hydrogen) atoms. The molecule has 15 heteroatoms. The number of aromatic amines is 1. The van der Waals surface area contributed by atoms with Crippen LogP contribution < -0.4 is 15.1 Å². The van der Waals surface area contributed by atoms with E-state index in [0.717, 1.165) is 34.4 Å². The number of nitrogens with one attached hydrogen (secondary N) is 2. The molecule has 0 saturated carbocycles. The van der Waals surface area contributed by atoms with Crippen LogP contribution in [0.5, 0.6) is 0 Å². The Labute approximate surface area is 332 Å². The summed E-state index contributed by atoms with van der Waals surface area (Å²) in [5.74, 6) is -2.87. The minimum atomic E-state index is -0.872. The zero-order chi connectivity index (χ0) is 40.7. The lowest BCUT2D eigenvalue weighted by Crippen LogP contribution is -2.50. The molecule has 0 atom stereocenters. The van der Waals surface area contributed by atoms with Gasteiger partial charge in [-0.2, -0.15) is 5.10 Å². The molecule has 0 bridgehead atoms. The first-order valence-electron chi connectivity index (χ1n) is 19.4. The van der Waals surface area contributed by atoms with Crippen molar-refractivity contribution in [2.24, 2.45) is 0 Å². The zero-order valence-electron chi connectivity index (χ0n) is 32.2. The fourth-order valence-corrected chi connectivity index (χ4v) is 8.22. The van der Waals surface area contributed by atoms with Crippen molar-refractivity contribution in [1.82, 2.24) is 29.9 Å². The number of piperidine rings is 1. The topological polar surface area (TPSA) is 127 Å². The summed E-state index contributed by atoms with van der Waals surface area (Å²) in [6.45, 7) is 2.23. The fraction of sp³-hybridized carbons (Fsp3) is 0.326. The number of amides is 5. The summed E-state index contributed by atoms with van der Waals surface area (Å²) < 4.78 is 48.8. The minimum absolute atomic E-state index is 0.0387. The molecule has 3 aromatic carbocycles. The van der Waals surface area contributed by atoms with E-state index in [-0.39, 0.29) is 54.9 Å². The van der Waals surface area contributed by atoms with Crippen molar-refractivity contribution in [3.8, 4) is 11.1 Å². The number of halogens is 3. The summed E-state index contributed by atoms with van der Waals surface area (Å²) >= 11 is 0. The van der Waals surface area contributed by atoms with Crippen LogP contribution in [0.4, 0.5) is 29.3 Å². The first-order chi connectivity index (χ1) is 27.9. The predicted molar refractivity (Wildman–Crippen MR) is 214 cm³/mol. The molecule has 5 aromatic rings. The standard InChI is InChI=1S/C43H43F3N8O4/c1-50(2)42(57)36-24-33-31(23-32(39(46)40(33)48-36)29-5-3-15-52(25-29)38(56)13-19-53-16-4-14-47-53)28-8-6-26(7-9-28)27-10-17-51(18-11-27)30-21-34(44)41(35(45)22-30)54-20-12-37(55)49-43(54)58/h4-9,14,16,21-24,27,48H,3,10-13,15,17-20,25H2,1-2H3,(H,49,55,58). The lowest BCUT2D eigenvalue weighted by Gasteiger charge is -2.34. The van der Waals surface area contributed by atoms with E-state index >= 15 is 13.2 Å². The SMILES string of the molecule is CN(C)C(=O)c1cc2c(-c3ccc(C4CCN(c5cc(F)c(N6CCC(=O)NC6=O)c(F)c5)CC4)cc3)cc(C3=CCCN(C(=O)CCn4cccn4)C3)c(F)c2[nH]1. The van der Waals surface area contributed by atoms with Crippen molar-refractivity contribution in [1.29, 1.82) is 0 Å². The van der Waals surface area contributed by atoms with Crippen LogP contribution in [0, 0.1) is 17.5 Å². The molecule has 0 spiro atoms. The van der Waals surface area contributed by atoms with Crippen molar-refractivity contribution < 1.29 is 32.3 Å². The number of H-pyrrole nitrogens is 1. The van der Waals surface area contributed by atoms with Crippen LogP contribution in [-0.2, 0) is 16.1 Å². The molecule has 2 N–H and O–H groups in total. The van der Waals surface area contributed by atoms with Gasteiger partial charge in [0.15, 0.2) is 17.5 Å². The maximum absolute atomic E-state index is 16.5. The Balaban J connectivity index is 1.01. The maximum atomic E-state index is 16.5. The third-order valence-corrected chi connectivity index (χ3v) is 11.3. The van der Waals surface area contributed by atoms with E-state index in [0.29, 0.717) is 54.8 Å². The first kappa shape index (κ1) is 38.5. The molecule has 3 aliphatic heterocycles. The molecule has 2 aromatic heterocycles. The summed E-state index contributed by atoms with van der Waals surface area (Å²) in [7, 11) is 3.28. The van der Waals surface area contributed by atoms with Gasteiger partial charge in [-0.05, 0) is 77.8 Å². The van der Waals surface area contributed by atoms with Gasteiger partial charge in [0, 0.05) is 95.2 Å². The van der Waals surface area contributed by atoms with Gasteiger partial charge in [0.2, 0.25) is 11.8 Å². The molecule has 3 aliphatic rings. The Morgan fingerprint density at radius 1 is 0.931 bits per heavy atom. The molecule has 2 fully saturated rings. The average molecular weight is 793 g/mol. The van der Waals surface area contributed by atoms with Crippen molar-refractivity contribution in [2.75, 3.05) is 56.6 Å². The second-order valence-electron chi connectivity index (χ2n) is 15.2. The second-order valence-corrected chi connectivity index (χ2v) is 15.2. The van der Waals surface area contributed by atoms with Crippen LogP contribution in [0.2, 0.25) is 0 Å². The highest BCUT2D eigenvalue weighted by atomic mass is 19.1. The normalized spacial score (nSPS) is 16.5. The molecule has 0 unspecified atom stereocenters. The van der Waals surface area contributed by atoms with Crippen molar-refractivity contribution in [3.63, 3.8) is 0 Å². The number of nitrogens with zero attached hydrogens (tertiary/aromatic N) is 6. The monoisotopic (exact) mass is 792 g/mol.